The van der Waals surface area contributed by atoms with Gasteiger partial charge in [-0.1, -0.05) is 0 Å². The molecular weight excluding hydrogens is 100 g/mol. The van der Waals surface area contributed by atoms with E-state index in [-0.39, 0.29) is 0 Å². The molecule has 0 aliphatic heterocycles. The molecule has 0 radical (unpaired) electrons. The van der Waals surface area contributed by atoms with Crippen LogP contribution in [0.15, 0.2) is 12.1 Å². The molecule has 0 amide bonds. The summed E-state index contributed by atoms with van der Waals surface area (Å²) in [6.45, 7) is 0. The van der Waals surface area contributed by atoms with Crippen molar-refractivity contribution < 1.29 is 10.0 Å². The maximum atomic E-state index is 9.30. The molecule has 0 saturated carbocycles. The lowest BCUT2D eigenvalue weighted by Gasteiger charge is -1.78. The second-order valence-electron chi connectivity index (χ2n) is 0.839. The minimum atomic E-state index is -0.838. The van der Waals surface area contributed by atoms with E-state index >= 15 is 0 Å². The number of hydrogen-bond acceptors (Lipinski definition) is 4. The first kappa shape index (κ1) is 5.74. The molecule has 5 nitrogen and oxygen atoms in total. The largest absolute Gasteiger partial charge is 0.491 e. The molecule has 0 spiro atoms. The van der Waals surface area contributed by atoms with Crippen LogP contribution in [0.1, 0.15) is 0 Å². The lowest BCUT2D eigenvalue weighted by Crippen LogP contribution is -1.98. The highest BCUT2D eigenvalue weighted by Gasteiger charge is 1.87. The zero-order chi connectivity index (χ0) is 5.86. The fourth-order valence-corrected chi connectivity index (χ4v) is 0.108. The molecule has 0 saturated heterocycles. The average molecular weight is 104 g/mol. The molecule has 40 valence electrons. The van der Waals surface area contributed by atoms with Crippen LogP contribution in [-0.2, 0) is 0 Å². The molecule has 0 aromatic carbocycles. The number of aliphatic hydroxyl groups excluding tert-OH is 1. The van der Waals surface area contributed by atoms with Gasteiger partial charge in [0.2, 0.25) is 0 Å². The van der Waals surface area contributed by atoms with Crippen molar-refractivity contribution in [2.75, 3.05) is 0 Å². The van der Waals surface area contributed by atoms with E-state index in [4.69, 9.17) is 5.11 Å². The Morgan fingerprint density at radius 2 is 2.43 bits per heavy atom. The van der Waals surface area contributed by atoms with Crippen LogP contribution >= 0.6 is 0 Å². The van der Waals surface area contributed by atoms with Crippen molar-refractivity contribution in [2.45, 2.75) is 0 Å². The highest BCUT2D eigenvalue weighted by atomic mass is 16.6. The Morgan fingerprint density at radius 3 is 2.43 bits per heavy atom. The second kappa shape index (κ2) is 2.01. The molecule has 0 aliphatic carbocycles. The van der Waals surface area contributed by atoms with Gasteiger partial charge in [-0.05, 0) is 0 Å². The summed E-state index contributed by atoms with van der Waals surface area (Å²) in [5.74, 6) is -0.787. The standard InChI is InChI=1S/C2H4N2O3/c3-2(5)1-4(6)7/h1,5H,3H2. The van der Waals surface area contributed by atoms with Crippen molar-refractivity contribution in [1.82, 2.24) is 0 Å². The summed E-state index contributed by atoms with van der Waals surface area (Å²) in [5, 5.41) is 17.2. The van der Waals surface area contributed by atoms with E-state index in [1.165, 1.54) is 0 Å². The lowest BCUT2D eigenvalue weighted by molar-refractivity contribution is -0.405. The fraction of sp³-hybridized carbons (Fsp3) is 0. The van der Waals surface area contributed by atoms with Gasteiger partial charge in [0.05, 0.1) is 4.92 Å². The highest BCUT2D eigenvalue weighted by molar-refractivity contribution is 4.73. The smallest absolute Gasteiger partial charge is 0.293 e. The number of nitrogens with two attached hydrogens (primary N) is 1. The Kier molecular flexibility index (Phi) is 1.65. The van der Waals surface area contributed by atoms with Crippen LogP contribution in [0.2, 0.25) is 0 Å². The molecule has 0 bridgehead atoms. The van der Waals surface area contributed by atoms with E-state index in [0.29, 0.717) is 6.20 Å². The number of hydrogen-bond donors (Lipinski definition) is 2. The summed E-state index contributed by atoms with van der Waals surface area (Å²) >= 11 is 0. The summed E-state index contributed by atoms with van der Waals surface area (Å²) in [7, 11) is 0. The Balaban J connectivity index is 3.68. The molecule has 7 heavy (non-hydrogen) atoms. The zero-order valence-corrected chi connectivity index (χ0v) is 3.37. The van der Waals surface area contributed by atoms with Gasteiger partial charge >= 0.3 is 0 Å². The molecule has 5 heteroatoms. The van der Waals surface area contributed by atoms with Crippen molar-refractivity contribution in [2.24, 2.45) is 5.73 Å². The second-order valence-corrected chi connectivity index (χ2v) is 0.839. The van der Waals surface area contributed by atoms with Gasteiger partial charge in [0.25, 0.3) is 12.1 Å². The first-order valence-electron chi connectivity index (χ1n) is 1.42. The van der Waals surface area contributed by atoms with Gasteiger partial charge < -0.3 is 10.8 Å². The van der Waals surface area contributed by atoms with Crippen LogP contribution in [0, 0.1) is 10.1 Å². The quantitative estimate of drug-likeness (QED) is 0.268. The number of nitrogens with zero attached hydrogens (tertiary/aromatic N) is 1. The van der Waals surface area contributed by atoms with Gasteiger partial charge in [-0.25, -0.2) is 0 Å². The van der Waals surface area contributed by atoms with E-state index in [0.717, 1.165) is 0 Å². The van der Waals surface area contributed by atoms with Crippen LogP contribution < -0.4 is 5.73 Å². The summed E-state index contributed by atoms with van der Waals surface area (Å²) in [5.41, 5.74) is 4.47. The summed E-state index contributed by atoms with van der Waals surface area (Å²) in [6.07, 6.45) is 0.306. The van der Waals surface area contributed by atoms with E-state index in [1.807, 2.05) is 0 Å². The van der Waals surface area contributed by atoms with Crippen molar-refractivity contribution in [3.63, 3.8) is 0 Å². The monoisotopic (exact) mass is 104 g/mol. The lowest BCUT2D eigenvalue weighted by atomic mass is 10.9. The molecule has 0 rings (SSSR count). The third kappa shape index (κ3) is 4.74. The molecule has 0 unspecified atom stereocenters. The summed E-state index contributed by atoms with van der Waals surface area (Å²) < 4.78 is 0. The first-order chi connectivity index (χ1) is 3.13. The average Bonchev–Trinajstić information content (AvgIpc) is 1.27. The van der Waals surface area contributed by atoms with Crippen molar-refractivity contribution >= 4 is 0 Å². The predicted molar refractivity (Wildman–Crippen MR) is 21.9 cm³/mol. The first-order valence-corrected chi connectivity index (χ1v) is 1.42. The van der Waals surface area contributed by atoms with Crippen LogP contribution in [0.4, 0.5) is 0 Å². The maximum absolute atomic E-state index is 9.30. The maximum Gasteiger partial charge on any atom is 0.293 e. The molecule has 0 aromatic rings. The molecule has 0 fully saturated rings. The molecule has 0 aliphatic rings. The number of rotatable bonds is 1. The van der Waals surface area contributed by atoms with Crippen molar-refractivity contribution in [3.05, 3.63) is 22.2 Å². The normalized spacial score (nSPS) is 11.1. The minimum absolute atomic E-state index is 0.306. The third-order valence-electron chi connectivity index (χ3n) is 0.238. The van der Waals surface area contributed by atoms with Crippen molar-refractivity contribution in [1.29, 1.82) is 0 Å². The van der Waals surface area contributed by atoms with E-state index in [2.05, 4.69) is 5.73 Å². The van der Waals surface area contributed by atoms with Crippen LogP contribution in [0.25, 0.3) is 0 Å². The highest BCUT2D eigenvalue weighted by Crippen LogP contribution is 1.72. The van der Waals surface area contributed by atoms with E-state index in [1.54, 1.807) is 0 Å². The summed E-state index contributed by atoms with van der Waals surface area (Å²) in [6, 6.07) is 0. The Hall–Kier alpha value is -1.26. The van der Waals surface area contributed by atoms with Gasteiger partial charge in [-0.15, -0.1) is 0 Å². The summed E-state index contributed by atoms with van der Waals surface area (Å²) in [4.78, 5) is 8.46. The van der Waals surface area contributed by atoms with E-state index in [9.17, 15) is 10.1 Å². The van der Waals surface area contributed by atoms with Gasteiger partial charge in [0.15, 0.2) is 0 Å². The molecule has 0 heterocycles. The molecule has 0 aromatic heterocycles. The van der Waals surface area contributed by atoms with Gasteiger partial charge in [0, 0.05) is 0 Å². The molecule has 0 atom stereocenters. The van der Waals surface area contributed by atoms with Gasteiger partial charge in [-0.2, -0.15) is 0 Å². The minimum Gasteiger partial charge on any atom is -0.491 e. The number of nitro groups is 1. The predicted octanol–water partition coefficient (Wildman–Crippen LogP) is -0.421. The van der Waals surface area contributed by atoms with Gasteiger partial charge in [-0.3, -0.25) is 10.1 Å². The van der Waals surface area contributed by atoms with Gasteiger partial charge in [0.1, 0.15) is 0 Å². The Bertz CT molecular complexity index is 104. The van der Waals surface area contributed by atoms with Crippen LogP contribution in [0.5, 0.6) is 0 Å². The van der Waals surface area contributed by atoms with Crippen LogP contribution in [-0.4, -0.2) is 10.0 Å². The molecule has 3 N–H and O–H groups in total. The molecular formula is C2H4N2O3. The van der Waals surface area contributed by atoms with Crippen LogP contribution in [0.3, 0.4) is 0 Å². The fourth-order valence-electron chi connectivity index (χ4n) is 0.108. The van der Waals surface area contributed by atoms with Crippen molar-refractivity contribution in [3.8, 4) is 0 Å². The third-order valence-corrected chi connectivity index (χ3v) is 0.238. The Labute approximate surface area is 39.2 Å². The topological polar surface area (TPSA) is 89.4 Å². The van der Waals surface area contributed by atoms with E-state index < -0.39 is 10.8 Å². The zero-order valence-electron chi connectivity index (χ0n) is 3.37. The Morgan fingerprint density at radius 1 is 2.00 bits per heavy atom. The number of aliphatic hydroxyl groups is 1. The SMILES string of the molecule is NC(O)=C[N+](=O)[O-].